The summed E-state index contributed by atoms with van der Waals surface area (Å²) >= 11 is 0. The molecule has 3 aromatic carbocycles. The van der Waals surface area contributed by atoms with E-state index < -0.39 is 41.7 Å². The third-order valence-corrected chi connectivity index (χ3v) is 9.83. The molecule has 3 aromatic rings. The number of allylic oxidation sites excluding steroid dienone is 3. The summed E-state index contributed by atoms with van der Waals surface area (Å²) in [4.78, 5) is 13.0. The number of aliphatic hydroxyl groups is 1. The summed E-state index contributed by atoms with van der Waals surface area (Å²) in [7, 11) is -4.00. The van der Waals surface area contributed by atoms with E-state index in [0.29, 0.717) is 0 Å². The molecule has 0 aromatic heterocycles. The van der Waals surface area contributed by atoms with Crippen LogP contribution in [0.15, 0.2) is 114 Å². The predicted molar refractivity (Wildman–Crippen MR) is 114 cm³/mol. The summed E-state index contributed by atoms with van der Waals surface area (Å²) in [6.07, 6.45) is 0. The smallest absolute Gasteiger partial charge is 0.347 e. The Bertz CT molecular complexity index is 1100. The molecule has 0 fully saturated rings. The highest BCUT2D eigenvalue weighted by Crippen LogP contribution is 2.71. The maximum absolute atomic E-state index is 17.1. The molecule has 1 N–H and O–H groups in total. The van der Waals surface area contributed by atoms with Gasteiger partial charge in [-0.25, -0.2) is 0 Å². The Morgan fingerprint density at radius 3 is 1.35 bits per heavy atom. The number of alkyl halides is 1. The number of benzene rings is 3. The van der Waals surface area contributed by atoms with E-state index in [2.05, 4.69) is 0 Å². The molecule has 0 heterocycles. The third kappa shape index (κ3) is 2.86. The van der Waals surface area contributed by atoms with E-state index in [0.717, 1.165) is 0 Å². The average Bonchev–Trinajstić information content (AvgIpc) is 2.83. The maximum atomic E-state index is 17.1. The van der Waals surface area contributed by atoms with Gasteiger partial charge >= 0.3 is 5.41 Å². The second kappa shape index (κ2) is 7.78. The molecule has 0 aliphatic heterocycles. The largest absolute Gasteiger partial charge is 0.503 e. The SMILES string of the molecule is O=C1C(F)=C(F)C(O)=C(F)C1(F)[P+](c1ccccc1)(c1ccccc1)c1ccccc1. The zero-order valence-electron chi connectivity index (χ0n) is 16.0. The summed E-state index contributed by atoms with van der Waals surface area (Å²) in [5.74, 6) is -10.1. The summed E-state index contributed by atoms with van der Waals surface area (Å²) in [5, 5.41) is 6.91. The lowest BCUT2D eigenvalue weighted by molar-refractivity contribution is -0.123. The van der Waals surface area contributed by atoms with Gasteiger partial charge in [0, 0.05) is 0 Å². The highest BCUT2D eigenvalue weighted by molar-refractivity contribution is 7.97. The maximum Gasteiger partial charge on any atom is 0.347 e. The number of aliphatic hydroxyl groups excluding tert-OH is 1. The second-order valence-electron chi connectivity index (χ2n) is 6.92. The van der Waals surface area contributed by atoms with Crippen molar-refractivity contribution in [2.24, 2.45) is 0 Å². The Hall–Kier alpha value is -3.24. The summed E-state index contributed by atoms with van der Waals surface area (Å²) < 4.78 is 61.1. The van der Waals surface area contributed by atoms with Crippen LogP contribution in [0.1, 0.15) is 0 Å². The molecule has 31 heavy (non-hydrogen) atoms. The minimum absolute atomic E-state index is 0.223. The Morgan fingerprint density at radius 2 is 1.00 bits per heavy atom. The molecule has 0 spiro atoms. The predicted octanol–water partition coefficient (Wildman–Crippen LogP) is 5.12. The van der Waals surface area contributed by atoms with Crippen LogP contribution in [0.4, 0.5) is 17.6 Å². The Labute approximate surface area is 176 Å². The van der Waals surface area contributed by atoms with Crippen molar-refractivity contribution in [3.8, 4) is 0 Å². The first-order valence-corrected chi connectivity index (χ1v) is 11.1. The molecule has 156 valence electrons. The van der Waals surface area contributed by atoms with Crippen molar-refractivity contribution in [1.29, 1.82) is 0 Å². The van der Waals surface area contributed by atoms with E-state index in [1.807, 2.05) is 0 Å². The van der Waals surface area contributed by atoms with Crippen molar-refractivity contribution in [3.63, 3.8) is 0 Å². The van der Waals surface area contributed by atoms with Gasteiger partial charge < -0.3 is 5.11 Å². The Balaban J connectivity index is 2.23. The van der Waals surface area contributed by atoms with E-state index in [9.17, 15) is 18.7 Å². The normalized spacial score (nSPS) is 19.7. The molecule has 1 unspecified atom stereocenters. The number of halogens is 4. The molecule has 1 aliphatic rings. The van der Waals surface area contributed by atoms with Crippen LogP contribution in [0.3, 0.4) is 0 Å². The lowest BCUT2D eigenvalue weighted by atomic mass is 10.1. The molecule has 0 radical (unpaired) electrons. The Morgan fingerprint density at radius 1 is 0.645 bits per heavy atom. The summed E-state index contributed by atoms with van der Waals surface area (Å²) in [6, 6.07) is 23.6. The van der Waals surface area contributed by atoms with Crippen LogP contribution < -0.4 is 15.9 Å². The van der Waals surface area contributed by atoms with E-state index in [1.54, 1.807) is 54.6 Å². The van der Waals surface area contributed by atoms with Crippen molar-refractivity contribution in [1.82, 2.24) is 0 Å². The first-order valence-electron chi connectivity index (χ1n) is 9.31. The van der Waals surface area contributed by atoms with E-state index >= 15 is 8.78 Å². The number of carbonyl (C=O) groups is 1. The number of carbonyl (C=O) groups excluding carboxylic acids is 1. The highest BCUT2D eigenvalue weighted by atomic mass is 31.2. The van der Waals surface area contributed by atoms with Gasteiger partial charge in [-0.2, -0.15) is 17.6 Å². The molecular formula is C24H16F4O2P+. The van der Waals surface area contributed by atoms with Gasteiger partial charge in [0.05, 0.1) is 0 Å². The summed E-state index contributed by atoms with van der Waals surface area (Å²) in [5.41, 5.74) is 0. The minimum atomic E-state index is -4.00. The van der Waals surface area contributed by atoms with Crippen molar-refractivity contribution in [3.05, 3.63) is 114 Å². The topological polar surface area (TPSA) is 37.3 Å². The van der Waals surface area contributed by atoms with Crippen LogP contribution in [0.5, 0.6) is 0 Å². The van der Waals surface area contributed by atoms with Crippen molar-refractivity contribution < 1.29 is 27.5 Å². The van der Waals surface area contributed by atoms with Gasteiger partial charge in [-0.3, -0.25) is 4.79 Å². The van der Waals surface area contributed by atoms with Gasteiger partial charge in [0.25, 0.3) is 5.78 Å². The fourth-order valence-corrected chi connectivity index (χ4v) is 8.56. The molecule has 0 amide bonds. The minimum Gasteiger partial charge on any atom is -0.503 e. The van der Waals surface area contributed by atoms with Crippen molar-refractivity contribution >= 4 is 29.0 Å². The quantitative estimate of drug-likeness (QED) is 0.449. The fourth-order valence-electron chi connectivity index (χ4n) is 3.94. The molecular weight excluding hydrogens is 427 g/mol. The number of ketones is 1. The zero-order valence-corrected chi connectivity index (χ0v) is 16.9. The van der Waals surface area contributed by atoms with Crippen LogP contribution in [0.2, 0.25) is 0 Å². The van der Waals surface area contributed by atoms with Crippen LogP contribution in [-0.2, 0) is 4.79 Å². The number of rotatable bonds is 4. The van der Waals surface area contributed by atoms with Gasteiger partial charge in [-0.05, 0) is 36.4 Å². The molecule has 4 rings (SSSR count). The van der Waals surface area contributed by atoms with Gasteiger partial charge in [0.15, 0.2) is 13.0 Å². The lowest BCUT2D eigenvalue weighted by Crippen LogP contribution is -2.52. The lowest BCUT2D eigenvalue weighted by Gasteiger charge is -2.37. The number of Topliss-reactive ketones (excluding diaryl/α,β-unsaturated/α-hetero) is 1. The van der Waals surface area contributed by atoms with E-state index in [4.69, 9.17) is 0 Å². The zero-order chi connectivity index (χ0) is 22.2. The molecule has 0 bridgehead atoms. The molecule has 1 atom stereocenters. The van der Waals surface area contributed by atoms with Crippen molar-refractivity contribution in [2.45, 2.75) is 5.41 Å². The second-order valence-corrected chi connectivity index (χ2v) is 10.4. The molecule has 0 saturated carbocycles. The van der Waals surface area contributed by atoms with Crippen LogP contribution >= 0.6 is 7.26 Å². The standard InChI is InChI=1S/C24H15F4O2P/c25-19-20(26)23(30)24(28,22(27)21(19)29)31(16-10-4-1-5-11-16,17-12-6-2-7-13-17)18-14-8-3-9-15-18/h1-15H/p+1. The summed E-state index contributed by atoms with van der Waals surface area (Å²) in [6.45, 7) is 0. The van der Waals surface area contributed by atoms with Gasteiger partial charge in [0.1, 0.15) is 15.9 Å². The first kappa shape index (κ1) is 21.0. The highest BCUT2D eigenvalue weighted by Gasteiger charge is 2.74. The van der Waals surface area contributed by atoms with Gasteiger partial charge in [-0.15, -0.1) is 0 Å². The van der Waals surface area contributed by atoms with E-state index in [1.165, 1.54) is 36.4 Å². The number of hydrogen-bond acceptors (Lipinski definition) is 2. The van der Waals surface area contributed by atoms with Crippen LogP contribution in [0, 0.1) is 0 Å². The van der Waals surface area contributed by atoms with Crippen molar-refractivity contribution in [2.75, 3.05) is 0 Å². The Kier molecular flexibility index (Phi) is 5.28. The van der Waals surface area contributed by atoms with Gasteiger partial charge in [-0.1, -0.05) is 54.6 Å². The molecule has 7 heteroatoms. The van der Waals surface area contributed by atoms with E-state index in [-0.39, 0.29) is 15.9 Å². The average molecular weight is 443 g/mol. The fraction of sp³-hybridized carbons (Fsp3) is 0.0417. The van der Waals surface area contributed by atoms with Crippen LogP contribution in [0.25, 0.3) is 0 Å². The first-order chi connectivity index (χ1) is 14.9. The van der Waals surface area contributed by atoms with Gasteiger partial charge in [0.2, 0.25) is 17.5 Å². The monoisotopic (exact) mass is 443 g/mol. The number of hydrogen-bond donors (Lipinski definition) is 1. The van der Waals surface area contributed by atoms with Crippen LogP contribution in [-0.4, -0.2) is 16.3 Å². The molecule has 2 nitrogen and oxygen atoms in total. The molecule has 0 saturated heterocycles. The molecule has 1 aliphatic carbocycles. The third-order valence-electron chi connectivity index (χ3n) is 5.29.